The standard InChI is InChI=1S/C14H23N5O/c1-2-3-8-17-14-10(9-15)13(16)19(18-14)11-6-4-5-7-12(11)20/h11-12,20H,2-8,16H2,1H3,(H,17,18). The Bertz CT molecular complexity index is 490. The molecule has 6 nitrogen and oxygen atoms in total. The van der Waals surface area contributed by atoms with E-state index in [-0.39, 0.29) is 6.04 Å². The number of hydrogen-bond acceptors (Lipinski definition) is 5. The van der Waals surface area contributed by atoms with Crippen molar-refractivity contribution >= 4 is 11.6 Å². The molecule has 0 amide bonds. The van der Waals surface area contributed by atoms with E-state index in [0.29, 0.717) is 17.2 Å². The average Bonchev–Trinajstić information content (AvgIpc) is 2.76. The second kappa shape index (κ2) is 6.62. The molecule has 20 heavy (non-hydrogen) atoms. The first-order chi connectivity index (χ1) is 9.69. The monoisotopic (exact) mass is 277 g/mol. The number of nitrogen functional groups attached to an aromatic ring is 1. The fourth-order valence-electron chi connectivity index (χ4n) is 2.69. The molecule has 1 fully saturated rings. The molecule has 0 bridgehead atoms. The minimum absolute atomic E-state index is 0.113. The van der Waals surface area contributed by atoms with Gasteiger partial charge in [0, 0.05) is 6.54 Å². The quantitative estimate of drug-likeness (QED) is 0.715. The molecule has 1 aliphatic rings. The lowest BCUT2D eigenvalue weighted by atomic mass is 9.93. The highest BCUT2D eigenvalue weighted by molar-refractivity contribution is 5.64. The van der Waals surface area contributed by atoms with Gasteiger partial charge in [0.25, 0.3) is 0 Å². The van der Waals surface area contributed by atoms with Gasteiger partial charge in [0.1, 0.15) is 17.5 Å². The van der Waals surface area contributed by atoms with E-state index in [4.69, 9.17) is 5.73 Å². The molecule has 1 aromatic rings. The summed E-state index contributed by atoms with van der Waals surface area (Å²) >= 11 is 0. The predicted molar refractivity (Wildman–Crippen MR) is 78.3 cm³/mol. The summed E-state index contributed by atoms with van der Waals surface area (Å²) in [6.07, 6.45) is 5.38. The molecule has 1 aromatic heterocycles. The molecule has 1 saturated carbocycles. The number of aliphatic hydroxyl groups is 1. The van der Waals surface area contributed by atoms with Gasteiger partial charge in [0.2, 0.25) is 0 Å². The Balaban J connectivity index is 2.23. The number of rotatable bonds is 5. The summed E-state index contributed by atoms with van der Waals surface area (Å²) in [5, 5.41) is 27.0. The molecule has 2 unspecified atom stereocenters. The van der Waals surface area contributed by atoms with Gasteiger partial charge in [-0.1, -0.05) is 26.2 Å². The minimum atomic E-state index is -0.430. The van der Waals surface area contributed by atoms with E-state index in [2.05, 4.69) is 23.4 Å². The van der Waals surface area contributed by atoms with Crippen LogP contribution in [-0.4, -0.2) is 27.5 Å². The number of anilines is 2. The van der Waals surface area contributed by atoms with E-state index < -0.39 is 6.10 Å². The van der Waals surface area contributed by atoms with Crippen LogP contribution < -0.4 is 11.1 Å². The van der Waals surface area contributed by atoms with Gasteiger partial charge in [-0.15, -0.1) is 0 Å². The summed E-state index contributed by atoms with van der Waals surface area (Å²) in [6, 6.07) is 2.00. The van der Waals surface area contributed by atoms with E-state index in [1.807, 2.05) is 0 Å². The molecule has 0 spiro atoms. The zero-order valence-corrected chi connectivity index (χ0v) is 12.0. The van der Waals surface area contributed by atoms with Crippen LogP contribution in [0, 0.1) is 11.3 Å². The van der Waals surface area contributed by atoms with Crippen LogP contribution in [0.1, 0.15) is 57.1 Å². The molecule has 4 N–H and O–H groups in total. The first kappa shape index (κ1) is 14.7. The highest BCUT2D eigenvalue weighted by atomic mass is 16.3. The van der Waals surface area contributed by atoms with Crippen molar-refractivity contribution in [2.75, 3.05) is 17.6 Å². The largest absolute Gasteiger partial charge is 0.391 e. The van der Waals surface area contributed by atoms with Crippen LogP contribution in [0.25, 0.3) is 0 Å². The Hall–Kier alpha value is -1.74. The van der Waals surface area contributed by atoms with Gasteiger partial charge in [-0.25, -0.2) is 4.68 Å². The topological polar surface area (TPSA) is 99.9 Å². The van der Waals surface area contributed by atoms with Crippen molar-refractivity contribution in [1.82, 2.24) is 9.78 Å². The van der Waals surface area contributed by atoms with E-state index in [9.17, 15) is 10.4 Å². The highest BCUT2D eigenvalue weighted by Crippen LogP contribution is 2.33. The van der Waals surface area contributed by atoms with Crippen LogP contribution >= 0.6 is 0 Å². The van der Waals surface area contributed by atoms with E-state index in [1.165, 1.54) is 0 Å². The lowest BCUT2D eigenvalue weighted by Gasteiger charge is -2.28. The van der Waals surface area contributed by atoms with Gasteiger partial charge < -0.3 is 16.2 Å². The molecule has 6 heteroatoms. The number of aliphatic hydroxyl groups excluding tert-OH is 1. The van der Waals surface area contributed by atoms with E-state index in [1.54, 1.807) is 4.68 Å². The molecular formula is C14H23N5O. The lowest BCUT2D eigenvalue weighted by molar-refractivity contribution is 0.0707. The molecule has 0 saturated heterocycles. The van der Waals surface area contributed by atoms with Crippen molar-refractivity contribution in [3.63, 3.8) is 0 Å². The predicted octanol–water partition coefficient (Wildman–Crippen LogP) is 2.02. The van der Waals surface area contributed by atoms with Gasteiger partial charge in [-0.3, -0.25) is 0 Å². The summed E-state index contributed by atoms with van der Waals surface area (Å²) in [4.78, 5) is 0. The van der Waals surface area contributed by atoms with Gasteiger partial charge in [-0.2, -0.15) is 10.4 Å². The molecule has 0 radical (unpaired) electrons. The number of nitriles is 1. The summed E-state index contributed by atoms with van der Waals surface area (Å²) in [5.41, 5.74) is 6.43. The number of nitrogens with two attached hydrogens (primary N) is 1. The number of nitrogens with one attached hydrogen (secondary N) is 1. The summed E-state index contributed by atoms with van der Waals surface area (Å²) in [6.45, 7) is 2.88. The molecule has 0 aliphatic heterocycles. The van der Waals surface area contributed by atoms with E-state index in [0.717, 1.165) is 45.1 Å². The highest BCUT2D eigenvalue weighted by Gasteiger charge is 2.29. The Morgan fingerprint density at radius 3 is 2.90 bits per heavy atom. The van der Waals surface area contributed by atoms with Gasteiger partial charge in [0.15, 0.2) is 5.82 Å². The second-order valence-electron chi connectivity index (χ2n) is 5.36. The van der Waals surface area contributed by atoms with Crippen molar-refractivity contribution in [2.24, 2.45) is 0 Å². The van der Waals surface area contributed by atoms with Crippen LogP contribution in [-0.2, 0) is 0 Å². The van der Waals surface area contributed by atoms with Crippen molar-refractivity contribution in [3.05, 3.63) is 5.56 Å². The van der Waals surface area contributed by atoms with Crippen LogP contribution in [0.2, 0.25) is 0 Å². The van der Waals surface area contributed by atoms with Crippen LogP contribution in [0.15, 0.2) is 0 Å². The summed E-state index contributed by atoms with van der Waals surface area (Å²) in [5.74, 6) is 0.897. The van der Waals surface area contributed by atoms with Crippen molar-refractivity contribution in [2.45, 2.75) is 57.6 Å². The second-order valence-corrected chi connectivity index (χ2v) is 5.36. The molecule has 1 aliphatic carbocycles. The first-order valence-corrected chi connectivity index (χ1v) is 7.39. The number of unbranched alkanes of at least 4 members (excludes halogenated alkanes) is 1. The Morgan fingerprint density at radius 1 is 1.50 bits per heavy atom. The fraction of sp³-hybridized carbons (Fsp3) is 0.714. The smallest absolute Gasteiger partial charge is 0.168 e. The molecule has 0 aromatic carbocycles. The van der Waals surface area contributed by atoms with Crippen LogP contribution in [0.4, 0.5) is 11.6 Å². The van der Waals surface area contributed by atoms with Crippen molar-refractivity contribution in [3.8, 4) is 6.07 Å². The molecule has 1 heterocycles. The Labute approximate surface area is 119 Å². The summed E-state index contributed by atoms with van der Waals surface area (Å²) < 4.78 is 1.64. The fourth-order valence-corrected chi connectivity index (χ4v) is 2.69. The van der Waals surface area contributed by atoms with Crippen molar-refractivity contribution in [1.29, 1.82) is 5.26 Å². The van der Waals surface area contributed by atoms with Gasteiger partial charge in [-0.05, 0) is 19.3 Å². The lowest BCUT2D eigenvalue weighted by Crippen LogP contribution is -2.29. The zero-order chi connectivity index (χ0) is 14.5. The average molecular weight is 277 g/mol. The number of hydrogen-bond donors (Lipinski definition) is 3. The van der Waals surface area contributed by atoms with Gasteiger partial charge in [0.05, 0.1) is 12.1 Å². The third kappa shape index (κ3) is 2.88. The maximum Gasteiger partial charge on any atom is 0.168 e. The minimum Gasteiger partial charge on any atom is -0.391 e. The van der Waals surface area contributed by atoms with Crippen molar-refractivity contribution < 1.29 is 5.11 Å². The molecular weight excluding hydrogens is 254 g/mol. The molecule has 110 valence electrons. The maximum absolute atomic E-state index is 10.1. The normalized spacial score (nSPS) is 22.4. The van der Waals surface area contributed by atoms with Gasteiger partial charge >= 0.3 is 0 Å². The Kier molecular flexibility index (Phi) is 4.85. The van der Waals surface area contributed by atoms with Crippen LogP contribution in [0.3, 0.4) is 0 Å². The zero-order valence-electron chi connectivity index (χ0n) is 12.0. The third-order valence-corrected chi connectivity index (χ3v) is 3.89. The van der Waals surface area contributed by atoms with Crippen LogP contribution in [0.5, 0.6) is 0 Å². The third-order valence-electron chi connectivity index (χ3n) is 3.89. The molecule has 2 atom stereocenters. The molecule has 2 rings (SSSR count). The van der Waals surface area contributed by atoms with E-state index >= 15 is 0 Å². The number of nitrogens with zero attached hydrogens (tertiary/aromatic N) is 3. The first-order valence-electron chi connectivity index (χ1n) is 7.39. The summed E-state index contributed by atoms with van der Waals surface area (Å²) in [7, 11) is 0. The SMILES string of the molecule is CCCCNc1nn(C2CCCCC2O)c(N)c1C#N. The maximum atomic E-state index is 10.1. The Morgan fingerprint density at radius 2 is 2.25 bits per heavy atom. The number of aromatic nitrogens is 2.